The van der Waals surface area contributed by atoms with Crippen molar-refractivity contribution in [2.45, 2.75) is 6.92 Å². The number of nitrogens with zero attached hydrogens (tertiary/aromatic N) is 1. The summed E-state index contributed by atoms with van der Waals surface area (Å²) in [4.78, 5) is 12.1. The third kappa shape index (κ3) is 4.80. The summed E-state index contributed by atoms with van der Waals surface area (Å²) >= 11 is 3.27. The fourth-order valence-corrected chi connectivity index (χ4v) is 3.17. The molecule has 144 valence electrons. The van der Waals surface area contributed by atoms with Gasteiger partial charge in [-0.3, -0.25) is 4.79 Å². The number of carbonyl (C=O) groups excluding carboxylic acids is 1. The van der Waals surface area contributed by atoms with Crippen LogP contribution in [0.15, 0.2) is 64.2 Å². The van der Waals surface area contributed by atoms with Crippen molar-refractivity contribution in [1.29, 1.82) is 0 Å². The van der Waals surface area contributed by atoms with Gasteiger partial charge in [0.05, 0.1) is 23.8 Å². The highest BCUT2D eigenvalue weighted by Crippen LogP contribution is 2.35. The van der Waals surface area contributed by atoms with Gasteiger partial charge in [0.2, 0.25) is 0 Å². The van der Waals surface area contributed by atoms with Crippen LogP contribution in [0.4, 0.5) is 5.69 Å². The number of ether oxygens (including phenoxy) is 1. The number of aromatic hydroxyl groups is 1. The van der Waals surface area contributed by atoms with Crippen LogP contribution in [0.2, 0.25) is 0 Å². The minimum atomic E-state index is -0.271. The van der Waals surface area contributed by atoms with Crippen molar-refractivity contribution in [3.63, 3.8) is 0 Å². The molecule has 0 atom stereocenters. The smallest absolute Gasteiger partial charge is 0.259 e. The van der Waals surface area contributed by atoms with Gasteiger partial charge in [0.1, 0.15) is 0 Å². The number of carbonyl (C=O) groups is 1. The summed E-state index contributed by atoms with van der Waals surface area (Å²) in [5.41, 5.74) is 4.05. The SMILES string of the molecule is CCOc1cc(/C=N/NC(=O)CNc2cccc3ccccc23)cc(Br)c1O. The van der Waals surface area contributed by atoms with E-state index in [0.29, 0.717) is 22.4 Å². The first-order chi connectivity index (χ1) is 13.6. The summed E-state index contributed by atoms with van der Waals surface area (Å²) in [6.45, 7) is 2.35. The number of fused-ring (bicyclic) bond motifs is 1. The van der Waals surface area contributed by atoms with Gasteiger partial charge in [-0.05, 0) is 52.0 Å². The minimum Gasteiger partial charge on any atom is -0.503 e. The molecule has 0 fully saturated rings. The number of anilines is 1. The van der Waals surface area contributed by atoms with E-state index in [1.165, 1.54) is 6.21 Å². The first kappa shape index (κ1) is 19.7. The molecule has 28 heavy (non-hydrogen) atoms. The molecule has 0 aliphatic carbocycles. The normalized spacial score (nSPS) is 10.9. The van der Waals surface area contributed by atoms with Crippen LogP contribution in [0, 0.1) is 0 Å². The molecule has 7 heteroatoms. The van der Waals surface area contributed by atoms with E-state index >= 15 is 0 Å². The summed E-state index contributed by atoms with van der Waals surface area (Å²) in [5, 5.41) is 19.2. The number of hydrogen-bond acceptors (Lipinski definition) is 5. The topological polar surface area (TPSA) is 83.0 Å². The van der Waals surface area contributed by atoms with Gasteiger partial charge in [0.15, 0.2) is 11.5 Å². The van der Waals surface area contributed by atoms with E-state index in [2.05, 4.69) is 31.8 Å². The van der Waals surface area contributed by atoms with Crippen LogP contribution in [-0.2, 0) is 4.79 Å². The second-order valence-corrected chi connectivity index (χ2v) is 6.81. The Bertz CT molecular complexity index is 1020. The summed E-state index contributed by atoms with van der Waals surface area (Å²) in [6.07, 6.45) is 1.49. The Morgan fingerprint density at radius 3 is 2.82 bits per heavy atom. The third-order valence-electron chi connectivity index (χ3n) is 3.98. The largest absolute Gasteiger partial charge is 0.503 e. The molecule has 0 bridgehead atoms. The molecule has 0 unspecified atom stereocenters. The standard InChI is InChI=1S/C21H20BrN3O3/c1-2-28-19-11-14(10-17(22)21(19)27)12-24-25-20(26)13-23-18-9-5-7-15-6-3-4-8-16(15)18/h3-12,23,27H,2,13H2,1H3,(H,25,26)/b24-12+. The van der Waals surface area contributed by atoms with Crippen molar-refractivity contribution in [1.82, 2.24) is 5.43 Å². The molecule has 0 radical (unpaired) electrons. The summed E-state index contributed by atoms with van der Waals surface area (Å²) in [7, 11) is 0. The highest BCUT2D eigenvalue weighted by Gasteiger charge is 2.08. The van der Waals surface area contributed by atoms with Crippen LogP contribution in [0.3, 0.4) is 0 Å². The van der Waals surface area contributed by atoms with Gasteiger partial charge < -0.3 is 15.2 Å². The van der Waals surface area contributed by atoms with Gasteiger partial charge in [-0.15, -0.1) is 0 Å². The van der Waals surface area contributed by atoms with E-state index in [4.69, 9.17) is 4.74 Å². The van der Waals surface area contributed by atoms with Gasteiger partial charge in [-0.1, -0.05) is 36.4 Å². The number of halogens is 1. The second-order valence-electron chi connectivity index (χ2n) is 5.96. The molecule has 3 N–H and O–H groups in total. The summed E-state index contributed by atoms with van der Waals surface area (Å²) in [6, 6.07) is 17.2. The van der Waals surface area contributed by atoms with Crippen LogP contribution >= 0.6 is 15.9 Å². The lowest BCUT2D eigenvalue weighted by Crippen LogP contribution is -2.25. The Morgan fingerprint density at radius 1 is 1.21 bits per heavy atom. The van der Waals surface area contributed by atoms with E-state index in [1.807, 2.05) is 49.4 Å². The van der Waals surface area contributed by atoms with Gasteiger partial charge in [0, 0.05) is 11.1 Å². The molecular weight excluding hydrogens is 422 g/mol. The van der Waals surface area contributed by atoms with Crippen molar-refractivity contribution in [2.75, 3.05) is 18.5 Å². The fourth-order valence-electron chi connectivity index (χ4n) is 2.71. The van der Waals surface area contributed by atoms with E-state index in [-0.39, 0.29) is 18.2 Å². The molecule has 0 spiro atoms. The molecule has 0 aliphatic heterocycles. The second kappa shape index (κ2) is 9.23. The minimum absolute atomic E-state index is 0.0299. The predicted molar refractivity (Wildman–Crippen MR) is 115 cm³/mol. The first-order valence-corrected chi connectivity index (χ1v) is 9.56. The lowest BCUT2D eigenvalue weighted by molar-refractivity contribution is -0.119. The summed E-state index contributed by atoms with van der Waals surface area (Å²) in [5.74, 6) is 0.108. The average molecular weight is 442 g/mol. The third-order valence-corrected chi connectivity index (χ3v) is 4.59. The molecule has 0 heterocycles. The lowest BCUT2D eigenvalue weighted by Gasteiger charge is -2.09. The van der Waals surface area contributed by atoms with Gasteiger partial charge in [0.25, 0.3) is 5.91 Å². The molecule has 6 nitrogen and oxygen atoms in total. The van der Waals surface area contributed by atoms with Crippen LogP contribution in [0.25, 0.3) is 10.8 Å². The molecular formula is C21H20BrN3O3. The quantitative estimate of drug-likeness (QED) is 0.377. The van der Waals surface area contributed by atoms with Gasteiger partial charge in [-0.25, -0.2) is 5.43 Å². The zero-order chi connectivity index (χ0) is 19.9. The van der Waals surface area contributed by atoms with Crippen LogP contribution in [-0.4, -0.2) is 30.4 Å². The number of hydrogen-bond donors (Lipinski definition) is 3. The number of phenolic OH excluding ortho intramolecular Hbond substituents is 1. The van der Waals surface area contributed by atoms with Crippen LogP contribution < -0.4 is 15.5 Å². The van der Waals surface area contributed by atoms with Crippen molar-refractivity contribution in [3.8, 4) is 11.5 Å². The zero-order valence-electron chi connectivity index (χ0n) is 15.3. The Labute approximate surface area is 171 Å². The Balaban J connectivity index is 1.60. The molecule has 3 aromatic carbocycles. The molecule has 0 aromatic heterocycles. The maximum absolute atomic E-state index is 12.1. The molecule has 3 rings (SSSR count). The predicted octanol–water partition coefficient (Wildman–Crippen LogP) is 4.27. The van der Waals surface area contributed by atoms with E-state index in [1.54, 1.807) is 12.1 Å². The van der Waals surface area contributed by atoms with E-state index in [9.17, 15) is 9.90 Å². The number of benzene rings is 3. The van der Waals surface area contributed by atoms with Crippen molar-refractivity contribution >= 4 is 44.5 Å². The van der Waals surface area contributed by atoms with Gasteiger partial charge in [-0.2, -0.15) is 5.10 Å². The molecule has 0 saturated heterocycles. The molecule has 1 amide bonds. The van der Waals surface area contributed by atoms with Crippen molar-refractivity contribution in [3.05, 3.63) is 64.6 Å². The molecule has 0 saturated carbocycles. The molecule has 0 aliphatic rings. The van der Waals surface area contributed by atoms with Crippen LogP contribution in [0.1, 0.15) is 12.5 Å². The number of phenols is 1. The van der Waals surface area contributed by atoms with Crippen molar-refractivity contribution in [2.24, 2.45) is 5.10 Å². The van der Waals surface area contributed by atoms with E-state index in [0.717, 1.165) is 16.5 Å². The van der Waals surface area contributed by atoms with E-state index < -0.39 is 0 Å². The first-order valence-electron chi connectivity index (χ1n) is 8.77. The van der Waals surface area contributed by atoms with Gasteiger partial charge >= 0.3 is 0 Å². The van der Waals surface area contributed by atoms with Crippen LogP contribution in [0.5, 0.6) is 11.5 Å². The number of amides is 1. The number of nitrogens with one attached hydrogen (secondary N) is 2. The highest BCUT2D eigenvalue weighted by molar-refractivity contribution is 9.10. The Morgan fingerprint density at radius 2 is 2.00 bits per heavy atom. The maximum atomic E-state index is 12.1. The lowest BCUT2D eigenvalue weighted by atomic mass is 10.1. The fraction of sp³-hybridized carbons (Fsp3) is 0.143. The van der Waals surface area contributed by atoms with Crippen molar-refractivity contribution < 1.29 is 14.6 Å². The highest BCUT2D eigenvalue weighted by atomic mass is 79.9. The average Bonchev–Trinajstić information content (AvgIpc) is 2.70. The maximum Gasteiger partial charge on any atom is 0.259 e. The Kier molecular flexibility index (Phi) is 6.49. The monoisotopic (exact) mass is 441 g/mol. The Hall–Kier alpha value is -3.06. The summed E-state index contributed by atoms with van der Waals surface area (Å²) < 4.78 is 5.86. The zero-order valence-corrected chi connectivity index (χ0v) is 16.9. The number of rotatable bonds is 7. The molecule has 3 aromatic rings. The number of hydrazone groups is 1.